The summed E-state index contributed by atoms with van der Waals surface area (Å²) in [6, 6.07) is 6.01. The highest BCUT2D eigenvalue weighted by Crippen LogP contribution is 2.24. The van der Waals surface area contributed by atoms with Crippen LogP contribution >= 0.6 is 0 Å². The number of aryl methyl sites for hydroxylation is 2. The maximum absolute atomic E-state index is 12.4. The van der Waals surface area contributed by atoms with Gasteiger partial charge in [-0.15, -0.1) is 0 Å². The molecule has 0 unspecified atom stereocenters. The van der Waals surface area contributed by atoms with E-state index in [9.17, 15) is 4.79 Å². The van der Waals surface area contributed by atoms with Gasteiger partial charge in [-0.25, -0.2) is 9.78 Å². The van der Waals surface area contributed by atoms with Gasteiger partial charge in [0.05, 0.1) is 0 Å². The topological polar surface area (TPSA) is 86.4 Å². The van der Waals surface area contributed by atoms with Crippen molar-refractivity contribution in [3.63, 3.8) is 0 Å². The third-order valence-corrected chi connectivity index (χ3v) is 4.50. The summed E-state index contributed by atoms with van der Waals surface area (Å²) in [7, 11) is 0. The molecule has 0 radical (unpaired) electrons. The van der Waals surface area contributed by atoms with E-state index >= 15 is 0 Å². The van der Waals surface area contributed by atoms with E-state index in [4.69, 9.17) is 9.72 Å². The van der Waals surface area contributed by atoms with E-state index in [1.54, 1.807) is 4.90 Å². The Morgan fingerprint density at radius 1 is 1.25 bits per heavy atom. The molecule has 8 heteroatoms. The standard InChI is InChI=1S/C20H30N6O2/c1-13-9-16(22-17-10-14(2)23-24-17)11-18(21-13)25-7-8-26(15(3)12-25)19(27)28-20(4,5)6/h9-11,15H,7-8,12H2,1-6H3,(H2,21,22,23,24)/t15-/m0/s1. The Labute approximate surface area is 166 Å². The van der Waals surface area contributed by atoms with Crippen LogP contribution in [0.1, 0.15) is 39.1 Å². The summed E-state index contributed by atoms with van der Waals surface area (Å²) < 4.78 is 5.53. The van der Waals surface area contributed by atoms with E-state index in [2.05, 4.69) is 20.4 Å². The molecule has 0 aliphatic carbocycles. The number of hydrogen-bond donors (Lipinski definition) is 2. The molecule has 3 heterocycles. The number of anilines is 3. The lowest BCUT2D eigenvalue weighted by atomic mass is 10.2. The summed E-state index contributed by atoms with van der Waals surface area (Å²) in [5, 5.41) is 10.5. The summed E-state index contributed by atoms with van der Waals surface area (Å²) in [4.78, 5) is 21.1. The van der Waals surface area contributed by atoms with Gasteiger partial charge < -0.3 is 19.9 Å². The minimum atomic E-state index is -0.489. The van der Waals surface area contributed by atoms with Crippen molar-refractivity contribution in [2.24, 2.45) is 0 Å². The Kier molecular flexibility index (Phi) is 5.49. The fourth-order valence-electron chi connectivity index (χ4n) is 3.27. The maximum Gasteiger partial charge on any atom is 0.410 e. The molecule has 1 atom stereocenters. The molecule has 1 aliphatic rings. The van der Waals surface area contributed by atoms with Gasteiger partial charge in [0, 0.05) is 54.9 Å². The van der Waals surface area contributed by atoms with Crippen molar-refractivity contribution in [2.45, 2.75) is 53.2 Å². The number of hydrogen-bond acceptors (Lipinski definition) is 6. The van der Waals surface area contributed by atoms with Crippen LogP contribution in [0, 0.1) is 13.8 Å². The highest BCUT2D eigenvalue weighted by Gasteiger charge is 2.31. The molecule has 1 aliphatic heterocycles. The molecule has 1 fully saturated rings. The summed E-state index contributed by atoms with van der Waals surface area (Å²) in [6.45, 7) is 13.7. The molecule has 2 aromatic rings. The van der Waals surface area contributed by atoms with Crippen molar-refractivity contribution in [3.05, 3.63) is 29.6 Å². The Bertz CT molecular complexity index is 841. The Morgan fingerprint density at radius 2 is 2.00 bits per heavy atom. The average Bonchev–Trinajstić information content (AvgIpc) is 2.97. The SMILES string of the molecule is Cc1cc(Nc2cc(C)[nH]n2)cc(N2CCN(C(=O)OC(C)(C)C)[C@@H](C)C2)n1. The number of aromatic amines is 1. The van der Waals surface area contributed by atoms with Gasteiger partial charge in [-0.05, 0) is 47.6 Å². The van der Waals surface area contributed by atoms with E-state index in [0.29, 0.717) is 19.6 Å². The highest BCUT2D eigenvalue weighted by atomic mass is 16.6. The molecule has 0 bridgehead atoms. The van der Waals surface area contributed by atoms with Crippen molar-refractivity contribution in [1.29, 1.82) is 0 Å². The number of H-pyrrole nitrogens is 1. The number of nitrogens with zero attached hydrogens (tertiary/aromatic N) is 4. The molecule has 3 rings (SSSR count). The van der Waals surface area contributed by atoms with Crippen LogP contribution in [-0.2, 0) is 4.74 Å². The molecular formula is C20H30N6O2. The second-order valence-corrected chi connectivity index (χ2v) is 8.39. The van der Waals surface area contributed by atoms with Gasteiger partial charge >= 0.3 is 6.09 Å². The Morgan fingerprint density at radius 3 is 2.61 bits per heavy atom. The molecule has 0 saturated carbocycles. The number of pyridine rings is 1. The van der Waals surface area contributed by atoms with Crippen LogP contribution in [0.25, 0.3) is 0 Å². The molecule has 8 nitrogen and oxygen atoms in total. The normalized spacial score (nSPS) is 17.6. The molecule has 1 saturated heterocycles. The van der Waals surface area contributed by atoms with Crippen molar-refractivity contribution >= 4 is 23.4 Å². The van der Waals surface area contributed by atoms with Crippen molar-refractivity contribution in [2.75, 3.05) is 29.9 Å². The largest absolute Gasteiger partial charge is 0.444 e. The van der Waals surface area contributed by atoms with E-state index in [-0.39, 0.29) is 12.1 Å². The quantitative estimate of drug-likeness (QED) is 0.838. The van der Waals surface area contributed by atoms with E-state index < -0.39 is 5.60 Å². The van der Waals surface area contributed by atoms with E-state index in [0.717, 1.165) is 28.7 Å². The second-order valence-electron chi connectivity index (χ2n) is 8.39. The van der Waals surface area contributed by atoms with Gasteiger partial charge in [-0.1, -0.05) is 0 Å². The number of nitrogens with one attached hydrogen (secondary N) is 2. The van der Waals surface area contributed by atoms with Crippen LogP contribution < -0.4 is 10.2 Å². The predicted octanol–water partition coefficient (Wildman–Crippen LogP) is 3.61. The zero-order valence-electron chi connectivity index (χ0n) is 17.5. The minimum Gasteiger partial charge on any atom is -0.444 e. The van der Waals surface area contributed by atoms with Crippen molar-refractivity contribution < 1.29 is 9.53 Å². The van der Waals surface area contributed by atoms with Crippen LogP contribution in [0.15, 0.2) is 18.2 Å². The van der Waals surface area contributed by atoms with Gasteiger partial charge in [-0.3, -0.25) is 5.10 Å². The van der Waals surface area contributed by atoms with E-state index in [1.807, 2.05) is 59.7 Å². The first-order valence-electron chi connectivity index (χ1n) is 9.63. The smallest absolute Gasteiger partial charge is 0.410 e. The summed E-state index contributed by atoms with van der Waals surface area (Å²) in [6.07, 6.45) is -0.256. The lowest BCUT2D eigenvalue weighted by molar-refractivity contribution is 0.0158. The third kappa shape index (κ3) is 4.94. The lowest BCUT2D eigenvalue weighted by Gasteiger charge is -2.40. The molecule has 0 aromatic carbocycles. The highest BCUT2D eigenvalue weighted by molar-refractivity contribution is 5.69. The monoisotopic (exact) mass is 386 g/mol. The van der Waals surface area contributed by atoms with Crippen molar-refractivity contribution in [1.82, 2.24) is 20.1 Å². The Balaban J connectivity index is 1.70. The number of rotatable bonds is 3. The van der Waals surface area contributed by atoms with Gasteiger partial charge in [0.2, 0.25) is 0 Å². The average molecular weight is 387 g/mol. The molecule has 0 spiro atoms. The zero-order chi connectivity index (χ0) is 20.5. The van der Waals surface area contributed by atoms with E-state index in [1.165, 1.54) is 0 Å². The van der Waals surface area contributed by atoms with Crippen molar-refractivity contribution in [3.8, 4) is 0 Å². The third-order valence-electron chi connectivity index (χ3n) is 4.50. The first-order valence-corrected chi connectivity index (χ1v) is 9.63. The number of piperazine rings is 1. The van der Waals surface area contributed by atoms with Crippen LogP contribution in [0.2, 0.25) is 0 Å². The molecule has 152 valence electrons. The minimum absolute atomic E-state index is 0.0383. The number of carbonyl (C=O) groups is 1. The van der Waals surface area contributed by atoms with Gasteiger partial charge in [0.1, 0.15) is 11.4 Å². The predicted molar refractivity (Wildman–Crippen MR) is 110 cm³/mol. The number of carbonyl (C=O) groups excluding carboxylic acids is 1. The van der Waals surface area contributed by atoms with Gasteiger partial charge in [0.15, 0.2) is 5.82 Å². The van der Waals surface area contributed by atoms with Crippen LogP contribution in [-0.4, -0.2) is 57.5 Å². The van der Waals surface area contributed by atoms with Crippen LogP contribution in [0.4, 0.5) is 22.1 Å². The molecule has 2 N–H and O–H groups in total. The lowest BCUT2D eigenvalue weighted by Crippen LogP contribution is -2.55. The molecule has 1 amide bonds. The summed E-state index contributed by atoms with van der Waals surface area (Å²) >= 11 is 0. The Hall–Kier alpha value is -2.77. The first kappa shape index (κ1) is 20.0. The summed E-state index contributed by atoms with van der Waals surface area (Å²) in [5.74, 6) is 1.67. The van der Waals surface area contributed by atoms with Crippen LogP contribution in [0.5, 0.6) is 0 Å². The number of aromatic nitrogens is 3. The number of amides is 1. The fourth-order valence-corrected chi connectivity index (χ4v) is 3.27. The summed E-state index contributed by atoms with van der Waals surface area (Å²) in [5.41, 5.74) is 2.38. The molecule has 2 aromatic heterocycles. The van der Waals surface area contributed by atoms with Gasteiger partial charge in [-0.2, -0.15) is 5.10 Å². The van der Waals surface area contributed by atoms with Crippen LogP contribution in [0.3, 0.4) is 0 Å². The zero-order valence-corrected chi connectivity index (χ0v) is 17.5. The number of ether oxygens (including phenoxy) is 1. The fraction of sp³-hybridized carbons (Fsp3) is 0.550. The molecular weight excluding hydrogens is 356 g/mol. The second kappa shape index (κ2) is 7.69. The molecule has 28 heavy (non-hydrogen) atoms. The van der Waals surface area contributed by atoms with Gasteiger partial charge in [0.25, 0.3) is 0 Å². The first-order chi connectivity index (χ1) is 13.1. The maximum atomic E-state index is 12.4.